The Balaban J connectivity index is 1.84. The summed E-state index contributed by atoms with van der Waals surface area (Å²) in [4.78, 5) is 14.1. The Morgan fingerprint density at radius 2 is 1.43 bits per heavy atom. The highest BCUT2D eigenvalue weighted by Crippen LogP contribution is 2.08. The SMILES string of the molecule is CCCCCCCCCN(C)CCCCCCNC(=O)OCc1ccccc1. The van der Waals surface area contributed by atoms with Crippen molar-refractivity contribution in [2.24, 2.45) is 0 Å². The minimum atomic E-state index is -0.321. The number of carbonyl (C=O) groups is 1. The van der Waals surface area contributed by atoms with E-state index in [9.17, 15) is 4.79 Å². The molecule has 160 valence electrons. The van der Waals surface area contributed by atoms with Crippen LogP contribution in [0.5, 0.6) is 0 Å². The van der Waals surface area contributed by atoms with Crippen LogP contribution < -0.4 is 5.32 Å². The largest absolute Gasteiger partial charge is 0.445 e. The topological polar surface area (TPSA) is 41.6 Å². The van der Waals surface area contributed by atoms with Crippen LogP contribution in [0.1, 0.15) is 83.1 Å². The van der Waals surface area contributed by atoms with E-state index >= 15 is 0 Å². The molecule has 0 aliphatic carbocycles. The summed E-state index contributed by atoms with van der Waals surface area (Å²) in [5, 5.41) is 2.83. The molecule has 0 atom stereocenters. The normalized spacial score (nSPS) is 11.0. The molecule has 0 aliphatic rings. The molecule has 0 aromatic heterocycles. The number of alkyl carbamates (subject to hydrolysis) is 1. The number of hydrogen-bond acceptors (Lipinski definition) is 3. The summed E-state index contributed by atoms with van der Waals surface area (Å²) in [7, 11) is 2.24. The maximum absolute atomic E-state index is 11.7. The van der Waals surface area contributed by atoms with Gasteiger partial charge >= 0.3 is 6.09 Å². The lowest BCUT2D eigenvalue weighted by Gasteiger charge is -2.16. The summed E-state index contributed by atoms with van der Waals surface area (Å²) < 4.78 is 5.20. The number of nitrogens with zero attached hydrogens (tertiary/aromatic N) is 1. The summed E-state index contributed by atoms with van der Waals surface area (Å²) in [6.07, 6.45) is 14.0. The van der Waals surface area contributed by atoms with Crippen LogP contribution in [0, 0.1) is 0 Å². The van der Waals surface area contributed by atoms with E-state index in [1.54, 1.807) is 0 Å². The molecule has 0 radical (unpaired) electrons. The second-order valence-electron chi connectivity index (χ2n) is 7.83. The van der Waals surface area contributed by atoms with Crippen molar-refractivity contribution >= 4 is 6.09 Å². The Morgan fingerprint density at radius 1 is 0.857 bits per heavy atom. The first-order chi connectivity index (χ1) is 13.7. The number of ether oxygens (including phenoxy) is 1. The van der Waals surface area contributed by atoms with Crippen LogP contribution in [0.2, 0.25) is 0 Å². The van der Waals surface area contributed by atoms with Crippen molar-refractivity contribution in [2.75, 3.05) is 26.7 Å². The van der Waals surface area contributed by atoms with E-state index in [1.165, 1.54) is 70.9 Å². The van der Waals surface area contributed by atoms with Gasteiger partial charge in [-0.15, -0.1) is 0 Å². The van der Waals surface area contributed by atoms with Crippen LogP contribution in [0.15, 0.2) is 30.3 Å². The first-order valence-corrected chi connectivity index (χ1v) is 11.4. The van der Waals surface area contributed by atoms with Gasteiger partial charge in [0.2, 0.25) is 0 Å². The molecule has 0 saturated carbocycles. The first kappa shape index (κ1) is 24.5. The second kappa shape index (κ2) is 17.5. The third-order valence-electron chi connectivity index (χ3n) is 5.09. The molecule has 1 aromatic carbocycles. The standard InChI is InChI=1S/C24H42N2O2/c1-3-4-5-6-7-9-15-20-26(2)21-16-10-8-14-19-25-24(27)28-22-23-17-12-11-13-18-23/h11-13,17-18H,3-10,14-16,19-22H2,1-2H3,(H,25,27). The van der Waals surface area contributed by atoms with Gasteiger partial charge in [-0.05, 0) is 45.0 Å². The van der Waals surface area contributed by atoms with Gasteiger partial charge < -0.3 is 15.0 Å². The Bertz CT molecular complexity index is 479. The third-order valence-corrected chi connectivity index (χ3v) is 5.09. The van der Waals surface area contributed by atoms with E-state index in [0.717, 1.165) is 18.4 Å². The molecule has 1 rings (SSSR count). The number of carbonyl (C=O) groups excluding carboxylic acids is 1. The molecule has 0 fully saturated rings. The predicted octanol–water partition coefficient (Wildman–Crippen LogP) is 6.16. The second-order valence-corrected chi connectivity index (χ2v) is 7.83. The van der Waals surface area contributed by atoms with Crippen LogP contribution in [-0.2, 0) is 11.3 Å². The van der Waals surface area contributed by atoms with Crippen LogP contribution in [0.25, 0.3) is 0 Å². The molecule has 0 saturated heterocycles. The fourth-order valence-electron chi connectivity index (χ4n) is 3.28. The van der Waals surface area contributed by atoms with Gasteiger partial charge in [-0.3, -0.25) is 0 Å². The minimum Gasteiger partial charge on any atom is -0.445 e. The van der Waals surface area contributed by atoms with Gasteiger partial charge in [0.05, 0.1) is 0 Å². The van der Waals surface area contributed by atoms with Crippen LogP contribution in [0.4, 0.5) is 4.79 Å². The van der Waals surface area contributed by atoms with Gasteiger partial charge in [0.1, 0.15) is 6.61 Å². The molecule has 0 bridgehead atoms. The zero-order valence-electron chi connectivity index (χ0n) is 18.3. The van der Waals surface area contributed by atoms with Crippen molar-refractivity contribution in [3.05, 3.63) is 35.9 Å². The molecule has 0 unspecified atom stereocenters. The van der Waals surface area contributed by atoms with E-state index in [4.69, 9.17) is 4.74 Å². The lowest BCUT2D eigenvalue weighted by molar-refractivity contribution is 0.139. The summed E-state index contributed by atoms with van der Waals surface area (Å²) in [6, 6.07) is 9.76. The molecule has 4 nitrogen and oxygen atoms in total. The maximum atomic E-state index is 11.7. The van der Waals surface area contributed by atoms with E-state index in [1.807, 2.05) is 30.3 Å². The molecule has 0 spiro atoms. The summed E-state index contributed by atoms with van der Waals surface area (Å²) in [5.74, 6) is 0. The van der Waals surface area contributed by atoms with Gasteiger partial charge in [-0.2, -0.15) is 0 Å². The highest BCUT2D eigenvalue weighted by molar-refractivity contribution is 5.67. The summed E-state index contributed by atoms with van der Waals surface area (Å²) >= 11 is 0. The number of rotatable bonds is 17. The Hall–Kier alpha value is -1.55. The number of nitrogens with one attached hydrogen (secondary N) is 1. The van der Waals surface area contributed by atoms with Crippen molar-refractivity contribution in [2.45, 2.75) is 84.2 Å². The molecule has 0 heterocycles. The van der Waals surface area contributed by atoms with E-state index < -0.39 is 0 Å². The number of benzene rings is 1. The smallest absolute Gasteiger partial charge is 0.407 e. The quantitative estimate of drug-likeness (QED) is 0.324. The summed E-state index contributed by atoms with van der Waals surface area (Å²) in [6.45, 7) is 5.71. The minimum absolute atomic E-state index is 0.321. The van der Waals surface area contributed by atoms with Gasteiger partial charge in [0.15, 0.2) is 0 Å². The van der Waals surface area contributed by atoms with Crippen molar-refractivity contribution in [3.63, 3.8) is 0 Å². The molecular formula is C24H42N2O2. The molecule has 28 heavy (non-hydrogen) atoms. The van der Waals surface area contributed by atoms with Gasteiger partial charge in [-0.25, -0.2) is 4.79 Å². The van der Waals surface area contributed by atoms with Crippen molar-refractivity contribution in [1.82, 2.24) is 10.2 Å². The molecule has 1 amide bonds. The molecule has 4 heteroatoms. The monoisotopic (exact) mass is 390 g/mol. The molecular weight excluding hydrogens is 348 g/mol. The van der Waals surface area contributed by atoms with E-state index in [-0.39, 0.29) is 6.09 Å². The van der Waals surface area contributed by atoms with Crippen molar-refractivity contribution < 1.29 is 9.53 Å². The van der Waals surface area contributed by atoms with Crippen LogP contribution in [0.3, 0.4) is 0 Å². The lowest BCUT2D eigenvalue weighted by Crippen LogP contribution is -2.25. The number of amides is 1. The predicted molar refractivity (Wildman–Crippen MR) is 119 cm³/mol. The Morgan fingerprint density at radius 3 is 2.07 bits per heavy atom. The highest BCUT2D eigenvalue weighted by atomic mass is 16.5. The number of hydrogen-bond donors (Lipinski definition) is 1. The van der Waals surface area contributed by atoms with Gasteiger partial charge in [-0.1, -0.05) is 88.6 Å². The Labute approximate surface area is 173 Å². The Kier molecular flexibility index (Phi) is 15.3. The van der Waals surface area contributed by atoms with Gasteiger partial charge in [0.25, 0.3) is 0 Å². The average Bonchev–Trinajstić information content (AvgIpc) is 2.71. The molecule has 1 aromatic rings. The lowest BCUT2D eigenvalue weighted by atomic mass is 10.1. The zero-order valence-corrected chi connectivity index (χ0v) is 18.3. The fraction of sp³-hybridized carbons (Fsp3) is 0.708. The van der Waals surface area contributed by atoms with Crippen molar-refractivity contribution in [3.8, 4) is 0 Å². The van der Waals surface area contributed by atoms with Gasteiger partial charge in [0, 0.05) is 6.54 Å². The third kappa shape index (κ3) is 14.5. The number of unbranched alkanes of at least 4 members (excludes halogenated alkanes) is 9. The van der Waals surface area contributed by atoms with E-state index in [0.29, 0.717) is 13.2 Å². The van der Waals surface area contributed by atoms with E-state index in [2.05, 4.69) is 24.2 Å². The van der Waals surface area contributed by atoms with Crippen LogP contribution in [-0.4, -0.2) is 37.7 Å². The highest BCUT2D eigenvalue weighted by Gasteiger charge is 2.02. The zero-order chi connectivity index (χ0) is 20.3. The molecule has 0 aliphatic heterocycles. The van der Waals surface area contributed by atoms with Crippen molar-refractivity contribution in [1.29, 1.82) is 0 Å². The summed E-state index contributed by atoms with van der Waals surface area (Å²) in [5.41, 5.74) is 1.01. The first-order valence-electron chi connectivity index (χ1n) is 11.4. The fourth-order valence-corrected chi connectivity index (χ4v) is 3.28. The van der Waals surface area contributed by atoms with Crippen LogP contribution >= 0.6 is 0 Å². The molecule has 1 N–H and O–H groups in total. The maximum Gasteiger partial charge on any atom is 0.407 e. The average molecular weight is 391 g/mol.